The Balaban J connectivity index is 1.41. The summed E-state index contributed by atoms with van der Waals surface area (Å²) in [6.07, 6.45) is -1.12. The summed E-state index contributed by atoms with van der Waals surface area (Å²) in [7, 11) is 0. The molecule has 2 saturated heterocycles. The number of carbonyl (C=O) groups is 2. The highest BCUT2D eigenvalue weighted by atomic mass is 35.5. The van der Waals surface area contributed by atoms with Crippen molar-refractivity contribution in [1.29, 1.82) is 0 Å². The smallest absolute Gasteiger partial charge is 0.269 e. The number of imide groups is 1. The van der Waals surface area contributed by atoms with Crippen molar-refractivity contribution in [3.8, 4) is 11.3 Å². The van der Waals surface area contributed by atoms with Gasteiger partial charge in [0.25, 0.3) is 11.6 Å². The number of para-hydroxylation sites is 1. The van der Waals surface area contributed by atoms with E-state index in [0.717, 1.165) is 4.90 Å². The van der Waals surface area contributed by atoms with Gasteiger partial charge in [0.2, 0.25) is 5.91 Å². The molecule has 0 spiro atoms. The summed E-state index contributed by atoms with van der Waals surface area (Å²) in [5, 5.41) is 13.5. The Kier molecular flexibility index (Phi) is 5.91. The van der Waals surface area contributed by atoms with Crippen molar-refractivity contribution in [3.05, 3.63) is 111 Å². The van der Waals surface area contributed by atoms with Crippen molar-refractivity contribution >= 4 is 52.1 Å². The number of hydroxylamine groups is 1. The fourth-order valence-electron chi connectivity index (χ4n) is 4.82. The van der Waals surface area contributed by atoms with E-state index in [9.17, 15) is 19.7 Å². The number of non-ortho nitro benzene ring substituents is 1. The fraction of sp³-hybridized carbons (Fsp3) is 0.111. The molecule has 2 aliphatic rings. The van der Waals surface area contributed by atoms with Gasteiger partial charge in [-0.1, -0.05) is 41.4 Å². The third-order valence-corrected chi connectivity index (χ3v) is 7.12. The van der Waals surface area contributed by atoms with Crippen LogP contribution in [0.5, 0.6) is 0 Å². The van der Waals surface area contributed by atoms with Gasteiger partial charge in [-0.3, -0.25) is 24.5 Å². The van der Waals surface area contributed by atoms with Gasteiger partial charge in [-0.2, -0.15) is 0 Å². The van der Waals surface area contributed by atoms with E-state index in [2.05, 4.69) is 0 Å². The zero-order valence-corrected chi connectivity index (χ0v) is 20.9. The van der Waals surface area contributed by atoms with Crippen LogP contribution in [0.15, 0.2) is 89.3 Å². The molecule has 190 valence electrons. The minimum Gasteiger partial charge on any atom is -0.459 e. The molecule has 38 heavy (non-hydrogen) atoms. The Labute approximate surface area is 225 Å². The maximum absolute atomic E-state index is 13.7. The van der Waals surface area contributed by atoms with E-state index in [-0.39, 0.29) is 11.4 Å². The second-order valence-corrected chi connectivity index (χ2v) is 9.61. The van der Waals surface area contributed by atoms with Gasteiger partial charge in [0.15, 0.2) is 6.10 Å². The first-order valence-corrected chi connectivity index (χ1v) is 12.3. The van der Waals surface area contributed by atoms with Crippen LogP contribution in [0.3, 0.4) is 0 Å². The normalized spacial score (nSPS) is 20.7. The van der Waals surface area contributed by atoms with Crippen molar-refractivity contribution in [2.24, 2.45) is 5.92 Å². The fourth-order valence-corrected chi connectivity index (χ4v) is 5.21. The number of halogens is 2. The van der Waals surface area contributed by atoms with E-state index in [1.54, 1.807) is 42.5 Å². The van der Waals surface area contributed by atoms with Gasteiger partial charge in [0, 0.05) is 22.7 Å². The van der Waals surface area contributed by atoms with Crippen molar-refractivity contribution in [2.75, 3.05) is 9.96 Å². The predicted molar refractivity (Wildman–Crippen MR) is 140 cm³/mol. The summed E-state index contributed by atoms with van der Waals surface area (Å²) in [6, 6.07) is 21.9. The maximum Gasteiger partial charge on any atom is 0.269 e. The Hall–Kier alpha value is -4.18. The van der Waals surface area contributed by atoms with E-state index >= 15 is 0 Å². The third-order valence-electron chi connectivity index (χ3n) is 6.56. The molecule has 3 aromatic carbocycles. The first kappa shape index (κ1) is 24.2. The van der Waals surface area contributed by atoms with Crippen LogP contribution in [-0.4, -0.2) is 22.8 Å². The van der Waals surface area contributed by atoms with Crippen molar-refractivity contribution in [2.45, 2.75) is 12.1 Å². The number of anilines is 2. The summed E-state index contributed by atoms with van der Waals surface area (Å²) < 4.78 is 6.19. The number of hydrogen-bond donors (Lipinski definition) is 0. The molecule has 0 saturated carbocycles. The quantitative estimate of drug-likeness (QED) is 0.165. The monoisotopic (exact) mass is 549 g/mol. The highest BCUT2D eigenvalue weighted by molar-refractivity contribution is 6.35. The van der Waals surface area contributed by atoms with Crippen LogP contribution in [-0.2, 0) is 14.4 Å². The topological polar surface area (TPSA) is 106 Å². The lowest BCUT2D eigenvalue weighted by Crippen LogP contribution is -2.37. The molecule has 0 radical (unpaired) electrons. The molecule has 0 unspecified atom stereocenters. The predicted octanol–water partition coefficient (Wildman–Crippen LogP) is 6.21. The minimum absolute atomic E-state index is 0.153. The Morgan fingerprint density at radius 3 is 2.29 bits per heavy atom. The van der Waals surface area contributed by atoms with Gasteiger partial charge in [0.1, 0.15) is 23.5 Å². The molecular weight excluding hydrogens is 533 g/mol. The molecule has 2 amide bonds. The van der Waals surface area contributed by atoms with Crippen LogP contribution in [0.2, 0.25) is 10.0 Å². The molecule has 0 bridgehead atoms. The van der Waals surface area contributed by atoms with Crippen LogP contribution in [0.1, 0.15) is 11.8 Å². The van der Waals surface area contributed by atoms with Gasteiger partial charge in [0.05, 0.1) is 21.3 Å². The number of hydrogen-bond acceptors (Lipinski definition) is 7. The molecule has 2 aliphatic heterocycles. The van der Waals surface area contributed by atoms with Crippen molar-refractivity contribution < 1.29 is 23.8 Å². The second kappa shape index (κ2) is 9.29. The number of nitro groups is 1. The number of amides is 2. The molecule has 0 aliphatic carbocycles. The SMILES string of the molecule is O=C1[C@H]2[C@@H](ON(c3ccccc3)[C@H]2c2ccc(-c3cc(Cl)ccc3Cl)o2)C(=O)N1c1ccc([N+](=O)[O-])cc1. The number of fused-ring (bicyclic) bond motifs is 1. The van der Waals surface area contributed by atoms with Gasteiger partial charge in [-0.05, 0) is 54.6 Å². The molecule has 0 N–H and O–H groups in total. The molecule has 6 rings (SSSR count). The van der Waals surface area contributed by atoms with Gasteiger partial charge >= 0.3 is 0 Å². The summed E-state index contributed by atoms with van der Waals surface area (Å²) in [5.74, 6) is -1.18. The summed E-state index contributed by atoms with van der Waals surface area (Å²) in [5.41, 5.74) is 1.28. The van der Waals surface area contributed by atoms with E-state index in [1.807, 2.05) is 18.2 Å². The van der Waals surface area contributed by atoms with E-state index in [1.165, 1.54) is 29.3 Å². The highest BCUT2D eigenvalue weighted by Gasteiger charge is 2.61. The van der Waals surface area contributed by atoms with Crippen molar-refractivity contribution in [1.82, 2.24) is 0 Å². The summed E-state index contributed by atoms with van der Waals surface area (Å²) in [6.45, 7) is 0. The number of carbonyl (C=O) groups excluding carboxylic acids is 2. The molecule has 11 heteroatoms. The van der Waals surface area contributed by atoms with Crippen LogP contribution in [0.25, 0.3) is 11.3 Å². The van der Waals surface area contributed by atoms with E-state index in [4.69, 9.17) is 32.5 Å². The van der Waals surface area contributed by atoms with Crippen LogP contribution in [0.4, 0.5) is 17.1 Å². The lowest BCUT2D eigenvalue weighted by atomic mass is 9.94. The van der Waals surface area contributed by atoms with Gasteiger partial charge in [-0.25, -0.2) is 9.96 Å². The third kappa shape index (κ3) is 3.92. The molecule has 9 nitrogen and oxygen atoms in total. The first-order valence-electron chi connectivity index (χ1n) is 11.5. The average molecular weight is 550 g/mol. The molecule has 2 fully saturated rings. The molecule has 4 aromatic rings. The Morgan fingerprint density at radius 1 is 0.842 bits per heavy atom. The lowest BCUT2D eigenvalue weighted by molar-refractivity contribution is -0.384. The second-order valence-electron chi connectivity index (χ2n) is 8.77. The number of furan rings is 1. The number of benzene rings is 3. The first-order chi connectivity index (χ1) is 18.3. The zero-order chi connectivity index (χ0) is 26.6. The summed E-state index contributed by atoms with van der Waals surface area (Å²) >= 11 is 12.5. The minimum atomic E-state index is -1.12. The largest absolute Gasteiger partial charge is 0.459 e. The Bertz CT molecular complexity index is 1570. The maximum atomic E-state index is 13.7. The zero-order valence-electron chi connectivity index (χ0n) is 19.4. The summed E-state index contributed by atoms with van der Waals surface area (Å²) in [4.78, 5) is 44.8. The number of nitrogens with zero attached hydrogens (tertiary/aromatic N) is 3. The molecule has 3 atom stereocenters. The molecule has 1 aromatic heterocycles. The van der Waals surface area contributed by atoms with Crippen molar-refractivity contribution in [3.63, 3.8) is 0 Å². The van der Waals surface area contributed by atoms with Crippen LogP contribution < -0.4 is 9.96 Å². The average Bonchev–Trinajstić information content (AvgIpc) is 3.61. The van der Waals surface area contributed by atoms with Gasteiger partial charge < -0.3 is 4.42 Å². The number of nitro benzene ring substituents is 1. The standard InChI is InChI=1S/C27H17Cl2N3O6/c28-15-6-11-20(29)19(14-15)21-12-13-22(37-21)24-23-25(38-31(24)17-4-2-1-3-5-17)27(34)30(26(23)33)16-7-9-18(10-8-16)32(35)36/h1-14,23-25H/t23-,24+,25-/m1/s1. The van der Waals surface area contributed by atoms with E-state index in [0.29, 0.717) is 32.8 Å². The lowest BCUT2D eigenvalue weighted by Gasteiger charge is -2.27. The Morgan fingerprint density at radius 2 is 1.58 bits per heavy atom. The van der Waals surface area contributed by atoms with Crippen LogP contribution >= 0.6 is 23.2 Å². The molecule has 3 heterocycles. The van der Waals surface area contributed by atoms with Gasteiger partial charge in [-0.15, -0.1) is 0 Å². The van der Waals surface area contributed by atoms with E-state index < -0.39 is 34.8 Å². The highest BCUT2D eigenvalue weighted by Crippen LogP contribution is 2.48. The van der Waals surface area contributed by atoms with Crippen LogP contribution in [0, 0.1) is 16.0 Å². The molecular formula is C27H17Cl2N3O6. The number of rotatable bonds is 5.